The number of nitrogens with zero attached hydrogens (tertiary/aromatic N) is 1. The van der Waals surface area contributed by atoms with E-state index in [4.69, 9.17) is 0 Å². The van der Waals surface area contributed by atoms with E-state index in [-0.39, 0.29) is 5.92 Å². The zero-order valence-corrected chi connectivity index (χ0v) is 13.3. The van der Waals surface area contributed by atoms with Crippen molar-refractivity contribution in [3.8, 4) is 0 Å². The Morgan fingerprint density at radius 2 is 1.36 bits per heavy atom. The Hall–Kier alpha value is -1.64. The van der Waals surface area contributed by atoms with Gasteiger partial charge in [-0.2, -0.15) is 0 Å². The lowest BCUT2D eigenvalue weighted by atomic mass is 9.76. The molecule has 22 heavy (non-hydrogen) atoms. The summed E-state index contributed by atoms with van der Waals surface area (Å²) in [6.07, 6.45) is 2.56. The molecule has 0 aliphatic carbocycles. The molecule has 2 aromatic rings. The van der Waals surface area contributed by atoms with Crippen LogP contribution < -0.4 is 0 Å². The first-order valence-electron chi connectivity index (χ1n) is 8.27. The lowest BCUT2D eigenvalue weighted by Gasteiger charge is -2.37. The molecule has 2 heteroatoms. The highest BCUT2D eigenvalue weighted by atomic mass is 16.3. The highest BCUT2D eigenvalue weighted by molar-refractivity contribution is 5.36. The van der Waals surface area contributed by atoms with Gasteiger partial charge in [-0.3, -0.25) is 0 Å². The first-order chi connectivity index (χ1) is 10.7. The topological polar surface area (TPSA) is 23.5 Å². The molecule has 0 radical (unpaired) electrons. The van der Waals surface area contributed by atoms with E-state index >= 15 is 0 Å². The van der Waals surface area contributed by atoms with E-state index in [1.54, 1.807) is 0 Å². The molecule has 3 rings (SSSR count). The maximum atomic E-state index is 11.7. The van der Waals surface area contributed by atoms with Crippen molar-refractivity contribution in [3.63, 3.8) is 0 Å². The molecule has 1 saturated heterocycles. The molecule has 1 fully saturated rings. The molecule has 2 aromatic carbocycles. The van der Waals surface area contributed by atoms with E-state index in [9.17, 15) is 5.11 Å². The lowest BCUT2D eigenvalue weighted by molar-refractivity contribution is 0.0104. The average Bonchev–Trinajstić information content (AvgIpc) is 3.08. The van der Waals surface area contributed by atoms with E-state index in [2.05, 4.69) is 11.8 Å². The van der Waals surface area contributed by atoms with Gasteiger partial charge in [-0.1, -0.05) is 67.6 Å². The van der Waals surface area contributed by atoms with E-state index < -0.39 is 5.60 Å². The normalized spacial score (nSPS) is 17.5. The third-order valence-corrected chi connectivity index (χ3v) is 4.87. The summed E-state index contributed by atoms with van der Waals surface area (Å²) in [6, 6.07) is 20.2. The lowest BCUT2D eigenvalue weighted by Crippen LogP contribution is -2.41. The Morgan fingerprint density at radius 3 is 1.82 bits per heavy atom. The highest BCUT2D eigenvalue weighted by Crippen LogP contribution is 2.37. The Bertz CT molecular complexity index is 536. The second-order valence-corrected chi connectivity index (χ2v) is 6.41. The monoisotopic (exact) mass is 295 g/mol. The summed E-state index contributed by atoms with van der Waals surface area (Å²) < 4.78 is 0. The Morgan fingerprint density at radius 1 is 0.909 bits per heavy atom. The summed E-state index contributed by atoms with van der Waals surface area (Å²) in [4.78, 5) is 2.47. The molecule has 1 aliphatic rings. The van der Waals surface area contributed by atoms with Gasteiger partial charge in [-0.15, -0.1) is 0 Å². The minimum atomic E-state index is -0.939. The van der Waals surface area contributed by atoms with E-state index in [1.165, 1.54) is 12.8 Å². The molecule has 1 unspecified atom stereocenters. The fourth-order valence-corrected chi connectivity index (χ4v) is 3.60. The minimum Gasteiger partial charge on any atom is -0.380 e. The molecule has 1 atom stereocenters. The second kappa shape index (κ2) is 6.64. The Kier molecular flexibility index (Phi) is 4.60. The van der Waals surface area contributed by atoms with Gasteiger partial charge >= 0.3 is 0 Å². The molecular formula is C20H25NO. The number of hydrogen-bond donors (Lipinski definition) is 1. The molecule has 1 N–H and O–H groups in total. The fourth-order valence-electron chi connectivity index (χ4n) is 3.60. The van der Waals surface area contributed by atoms with Crippen molar-refractivity contribution >= 4 is 0 Å². The average molecular weight is 295 g/mol. The predicted molar refractivity (Wildman–Crippen MR) is 90.7 cm³/mol. The first kappa shape index (κ1) is 15.3. The van der Waals surface area contributed by atoms with Crippen molar-refractivity contribution in [1.29, 1.82) is 0 Å². The van der Waals surface area contributed by atoms with Crippen LogP contribution in [0.25, 0.3) is 0 Å². The van der Waals surface area contributed by atoms with Crippen LogP contribution in [0.5, 0.6) is 0 Å². The summed E-state index contributed by atoms with van der Waals surface area (Å²) in [7, 11) is 0. The smallest absolute Gasteiger partial charge is 0.118 e. The Balaban J connectivity index is 1.95. The number of hydrogen-bond acceptors (Lipinski definition) is 2. The van der Waals surface area contributed by atoms with Gasteiger partial charge in [-0.25, -0.2) is 0 Å². The molecule has 0 bridgehead atoms. The van der Waals surface area contributed by atoms with Gasteiger partial charge in [0.1, 0.15) is 5.60 Å². The highest BCUT2D eigenvalue weighted by Gasteiger charge is 2.38. The number of benzene rings is 2. The van der Waals surface area contributed by atoms with Crippen molar-refractivity contribution in [1.82, 2.24) is 4.90 Å². The zero-order valence-electron chi connectivity index (χ0n) is 13.3. The number of aliphatic hydroxyl groups is 1. The molecule has 0 aromatic heterocycles. The van der Waals surface area contributed by atoms with Crippen LogP contribution in [0.4, 0.5) is 0 Å². The van der Waals surface area contributed by atoms with Crippen LogP contribution in [0, 0.1) is 5.92 Å². The summed E-state index contributed by atoms with van der Waals surface area (Å²) in [6.45, 7) is 5.41. The third kappa shape index (κ3) is 2.94. The van der Waals surface area contributed by atoms with Gasteiger partial charge in [0, 0.05) is 12.5 Å². The van der Waals surface area contributed by atoms with Gasteiger partial charge in [0.2, 0.25) is 0 Å². The SMILES string of the molecule is CC(CN1CCCC1)C(O)(c1ccccc1)c1ccccc1. The second-order valence-electron chi connectivity index (χ2n) is 6.41. The molecule has 1 heterocycles. The van der Waals surface area contributed by atoms with Crippen LogP contribution in [0.2, 0.25) is 0 Å². The molecule has 0 saturated carbocycles. The van der Waals surface area contributed by atoms with Crippen LogP contribution in [0.1, 0.15) is 30.9 Å². The van der Waals surface area contributed by atoms with Crippen LogP contribution in [-0.2, 0) is 5.60 Å². The van der Waals surface area contributed by atoms with Gasteiger partial charge < -0.3 is 10.0 Å². The van der Waals surface area contributed by atoms with E-state index in [0.29, 0.717) is 0 Å². The fraction of sp³-hybridized carbons (Fsp3) is 0.400. The molecule has 116 valence electrons. The first-order valence-corrected chi connectivity index (χ1v) is 8.27. The van der Waals surface area contributed by atoms with Crippen LogP contribution >= 0.6 is 0 Å². The largest absolute Gasteiger partial charge is 0.380 e. The van der Waals surface area contributed by atoms with Crippen LogP contribution in [-0.4, -0.2) is 29.6 Å². The zero-order chi connectivity index (χ0) is 15.4. The van der Waals surface area contributed by atoms with E-state index in [1.807, 2.05) is 60.7 Å². The number of likely N-dealkylation sites (tertiary alicyclic amines) is 1. The maximum absolute atomic E-state index is 11.7. The van der Waals surface area contributed by atoms with Gasteiger partial charge in [0.25, 0.3) is 0 Å². The molecule has 1 aliphatic heterocycles. The van der Waals surface area contributed by atoms with E-state index in [0.717, 1.165) is 30.8 Å². The summed E-state index contributed by atoms with van der Waals surface area (Å²) in [5, 5.41) is 11.7. The minimum absolute atomic E-state index is 0.135. The van der Waals surface area contributed by atoms with Crippen LogP contribution in [0.3, 0.4) is 0 Å². The maximum Gasteiger partial charge on any atom is 0.118 e. The van der Waals surface area contributed by atoms with Crippen molar-refractivity contribution in [2.45, 2.75) is 25.4 Å². The quantitative estimate of drug-likeness (QED) is 0.910. The third-order valence-electron chi connectivity index (χ3n) is 4.87. The summed E-state index contributed by atoms with van der Waals surface area (Å²) in [5.41, 5.74) is 1.02. The van der Waals surface area contributed by atoms with Crippen molar-refractivity contribution < 1.29 is 5.11 Å². The van der Waals surface area contributed by atoms with Gasteiger partial charge in [-0.05, 0) is 37.1 Å². The summed E-state index contributed by atoms with van der Waals surface area (Å²) >= 11 is 0. The molecule has 2 nitrogen and oxygen atoms in total. The molecular weight excluding hydrogens is 270 g/mol. The summed E-state index contributed by atoms with van der Waals surface area (Å²) in [5.74, 6) is 0.135. The van der Waals surface area contributed by atoms with Gasteiger partial charge in [0.15, 0.2) is 0 Å². The molecule has 0 amide bonds. The predicted octanol–water partition coefficient (Wildman–Crippen LogP) is 3.65. The van der Waals surface area contributed by atoms with Crippen molar-refractivity contribution in [2.24, 2.45) is 5.92 Å². The van der Waals surface area contributed by atoms with Crippen LogP contribution in [0.15, 0.2) is 60.7 Å². The molecule has 0 spiro atoms. The Labute approximate surface area is 133 Å². The van der Waals surface area contributed by atoms with Gasteiger partial charge in [0.05, 0.1) is 0 Å². The standard InChI is InChI=1S/C20H25NO/c1-17(16-21-14-8-9-15-21)20(22,18-10-4-2-5-11-18)19-12-6-3-7-13-19/h2-7,10-13,17,22H,8-9,14-16H2,1H3. The van der Waals surface area contributed by atoms with Crippen molar-refractivity contribution in [2.75, 3.05) is 19.6 Å². The van der Waals surface area contributed by atoms with Crippen molar-refractivity contribution in [3.05, 3.63) is 71.8 Å². The number of rotatable bonds is 5.